The number of carbonyl (C=O) groups excluding carboxylic acids is 3. The van der Waals surface area contributed by atoms with Crippen LogP contribution < -0.4 is 0 Å². The molecule has 0 aromatic heterocycles. The molecule has 0 bridgehead atoms. The van der Waals surface area contributed by atoms with E-state index in [0.717, 1.165) is 6.42 Å². The van der Waals surface area contributed by atoms with Crippen LogP contribution in [0.1, 0.15) is 26.2 Å². The van der Waals surface area contributed by atoms with E-state index < -0.39 is 18.3 Å². The molecule has 0 saturated carbocycles. The Kier molecular flexibility index (Phi) is 2.86. The second-order valence-electron chi connectivity index (χ2n) is 4.96. The fraction of sp³-hybridized carbons (Fsp3) is 0.500. The summed E-state index contributed by atoms with van der Waals surface area (Å²) in [5.41, 5.74) is 0.707. The number of rotatable bonds is 2. The van der Waals surface area contributed by atoms with Crippen LogP contribution in [0.3, 0.4) is 0 Å². The van der Waals surface area contributed by atoms with Gasteiger partial charge < -0.3 is 9.47 Å². The van der Waals surface area contributed by atoms with Gasteiger partial charge in [0.2, 0.25) is 0 Å². The molecule has 2 aliphatic heterocycles. The molecule has 0 radical (unpaired) electrons. The first-order valence-corrected chi connectivity index (χ1v) is 6.47. The monoisotopic (exact) mass is 262 g/mol. The lowest BCUT2D eigenvalue weighted by atomic mass is 9.82. The van der Waals surface area contributed by atoms with Crippen LogP contribution in [0.5, 0.6) is 0 Å². The molecule has 1 saturated heterocycles. The van der Waals surface area contributed by atoms with Crippen LogP contribution >= 0.6 is 0 Å². The summed E-state index contributed by atoms with van der Waals surface area (Å²) in [5.74, 6) is -0.841. The van der Waals surface area contributed by atoms with Gasteiger partial charge in [-0.2, -0.15) is 0 Å². The first kappa shape index (κ1) is 12.3. The quantitative estimate of drug-likeness (QED) is 0.545. The molecule has 3 aliphatic rings. The van der Waals surface area contributed by atoms with Crippen LogP contribution in [-0.2, 0) is 23.9 Å². The standard InChI is InChI=1S/C14H14O5/c1-2-3-9-12-7(15)4-5-8(16)13(12)14-10(18-9)6-11(17)19-14/h4-5,9-10,14H,2-3,6H2,1H3/t9-,10+,14-/m1/s1. The van der Waals surface area contributed by atoms with Crippen molar-refractivity contribution in [1.82, 2.24) is 0 Å². The summed E-state index contributed by atoms with van der Waals surface area (Å²) < 4.78 is 10.9. The average Bonchev–Trinajstić information content (AvgIpc) is 2.73. The van der Waals surface area contributed by atoms with Crippen LogP contribution in [0, 0.1) is 0 Å². The molecule has 1 fully saturated rings. The van der Waals surface area contributed by atoms with Gasteiger partial charge in [-0.1, -0.05) is 13.3 Å². The molecule has 3 rings (SSSR count). The lowest BCUT2D eigenvalue weighted by molar-refractivity contribution is -0.141. The fourth-order valence-corrected chi connectivity index (χ4v) is 2.88. The highest BCUT2D eigenvalue weighted by atomic mass is 16.6. The number of hydrogen-bond donors (Lipinski definition) is 0. The molecule has 5 heteroatoms. The number of esters is 1. The summed E-state index contributed by atoms with van der Waals surface area (Å²) in [7, 11) is 0. The van der Waals surface area contributed by atoms with Crippen molar-refractivity contribution in [3.05, 3.63) is 23.3 Å². The predicted molar refractivity (Wildman–Crippen MR) is 64.2 cm³/mol. The summed E-state index contributed by atoms with van der Waals surface area (Å²) in [4.78, 5) is 35.4. The van der Waals surface area contributed by atoms with E-state index >= 15 is 0 Å². The summed E-state index contributed by atoms with van der Waals surface area (Å²) in [6, 6.07) is 0. The van der Waals surface area contributed by atoms with Crippen molar-refractivity contribution in [2.45, 2.75) is 44.5 Å². The van der Waals surface area contributed by atoms with Gasteiger partial charge in [0, 0.05) is 5.57 Å². The molecular formula is C14H14O5. The number of ketones is 2. The van der Waals surface area contributed by atoms with Crippen molar-refractivity contribution in [2.75, 3.05) is 0 Å². The van der Waals surface area contributed by atoms with Gasteiger partial charge in [0.05, 0.1) is 18.1 Å². The largest absolute Gasteiger partial charge is 0.454 e. The Bertz CT molecular complexity index is 528. The van der Waals surface area contributed by atoms with E-state index in [1.165, 1.54) is 12.2 Å². The van der Waals surface area contributed by atoms with Gasteiger partial charge in [-0.15, -0.1) is 0 Å². The highest BCUT2D eigenvalue weighted by molar-refractivity contribution is 6.21. The van der Waals surface area contributed by atoms with Gasteiger partial charge in [0.1, 0.15) is 6.10 Å². The maximum atomic E-state index is 12.0. The molecule has 0 aromatic rings. The molecule has 0 spiro atoms. The molecule has 5 nitrogen and oxygen atoms in total. The Morgan fingerprint density at radius 2 is 1.84 bits per heavy atom. The van der Waals surface area contributed by atoms with E-state index in [2.05, 4.69) is 0 Å². The minimum absolute atomic E-state index is 0.146. The van der Waals surface area contributed by atoms with Crippen molar-refractivity contribution in [3.63, 3.8) is 0 Å². The van der Waals surface area contributed by atoms with Crippen LogP contribution in [0.4, 0.5) is 0 Å². The average molecular weight is 262 g/mol. The second kappa shape index (κ2) is 4.42. The maximum Gasteiger partial charge on any atom is 0.309 e. The Morgan fingerprint density at radius 1 is 1.16 bits per heavy atom. The van der Waals surface area contributed by atoms with Gasteiger partial charge in [0.15, 0.2) is 17.7 Å². The van der Waals surface area contributed by atoms with Crippen molar-refractivity contribution < 1.29 is 23.9 Å². The highest BCUT2D eigenvalue weighted by Gasteiger charge is 2.49. The molecule has 100 valence electrons. The topological polar surface area (TPSA) is 69.7 Å². The summed E-state index contributed by atoms with van der Waals surface area (Å²) in [5, 5.41) is 0. The summed E-state index contributed by atoms with van der Waals surface area (Å²) >= 11 is 0. The number of ether oxygens (including phenoxy) is 2. The van der Waals surface area contributed by atoms with Crippen LogP contribution in [0.15, 0.2) is 23.3 Å². The van der Waals surface area contributed by atoms with Crippen LogP contribution in [-0.4, -0.2) is 35.8 Å². The van der Waals surface area contributed by atoms with Gasteiger partial charge in [-0.3, -0.25) is 14.4 Å². The van der Waals surface area contributed by atoms with E-state index in [1.54, 1.807) is 0 Å². The zero-order chi connectivity index (χ0) is 13.6. The Morgan fingerprint density at radius 3 is 2.53 bits per heavy atom. The molecule has 0 unspecified atom stereocenters. The molecular weight excluding hydrogens is 248 g/mol. The Balaban J connectivity index is 2.07. The van der Waals surface area contributed by atoms with E-state index in [-0.39, 0.29) is 24.0 Å². The summed E-state index contributed by atoms with van der Waals surface area (Å²) in [6.45, 7) is 1.98. The number of carbonyl (C=O) groups is 3. The van der Waals surface area contributed by atoms with Crippen molar-refractivity contribution in [3.8, 4) is 0 Å². The van der Waals surface area contributed by atoms with Gasteiger partial charge in [-0.25, -0.2) is 0 Å². The lowest BCUT2D eigenvalue weighted by Gasteiger charge is -2.34. The SMILES string of the molecule is CCC[C@H]1O[C@H]2CC(=O)O[C@H]2C2=C1C(=O)C=CC2=O. The first-order chi connectivity index (χ1) is 9.11. The third-order valence-electron chi connectivity index (χ3n) is 3.67. The zero-order valence-electron chi connectivity index (χ0n) is 10.5. The smallest absolute Gasteiger partial charge is 0.309 e. The van der Waals surface area contributed by atoms with E-state index in [9.17, 15) is 14.4 Å². The van der Waals surface area contributed by atoms with Crippen molar-refractivity contribution in [1.29, 1.82) is 0 Å². The normalized spacial score (nSPS) is 33.3. The third-order valence-corrected chi connectivity index (χ3v) is 3.67. The van der Waals surface area contributed by atoms with E-state index in [0.29, 0.717) is 17.6 Å². The Labute approximate surface area is 110 Å². The van der Waals surface area contributed by atoms with Crippen LogP contribution in [0.25, 0.3) is 0 Å². The summed E-state index contributed by atoms with van der Waals surface area (Å²) in [6.07, 6.45) is 2.60. The van der Waals surface area contributed by atoms with Gasteiger partial charge >= 0.3 is 5.97 Å². The van der Waals surface area contributed by atoms with Gasteiger partial charge in [0.25, 0.3) is 0 Å². The minimum atomic E-state index is -0.711. The number of allylic oxidation sites excluding steroid dienone is 2. The molecule has 1 aliphatic carbocycles. The highest BCUT2D eigenvalue weighted by Crippen LogP contribution is 2.38. The third kappa shape index (κ3) is 1.85. The first-order valence-electron chi connectivity index (χ1n) is 6.47. The molecule has 2 heterocycles. The lowest BCUT2D eigenvalue weighted by Crippen LogP contribution is -2.43. The predicted octanol–water partition coefficient (Wildman–Crippen LogP) is 0.874. The number of fused-ring (bicyclic) bond motifs is 2. The second-order valence-corrected chi connectivity index (χ2v) is 4.96. The van der Waals surface area contributed by atoms with E-state index in [1.807, 2.05) is 6.92 Å². The molecule has 3 atom stereocenters. The molecule has 0 N–H and O–H groups in total. The molecule has 19 heavy (non-hydrogen) atoms. The van der Waals surface area contributed by atoms with Crippen molar-refractivity contribution in [2.24, 2.45) is 0 Å². The van der Waals surface area contributed by atoms with Crippen molar-refractivity contribution >= 4 is 17.5 Å². The number of hydrogen-bond acceptors (Lipinski definition) is 5. The zero-order valence-corrected chi connectivity index (χ0v) is 10.5. The van der Waals surface area contributed by atoms with Gasteiger partial charge in [-0.05, 0) is 18.6 Å². The van der Waals surface area contributed by atoms with E-state index in [4.69, 9.17) is 9.47 Å². The molecule has 0 amide bonds. The maximum absolute atomic E-state index is 12.0. The Hall–Kier alpha value is -1.75. The minimum Gasteiger partial charge on any atom is -0.454 e. The fourth-order valence-electron chi connectivity index (χ4n) is 2.88. The molecule has 0 aromatic carbocycles. The van der Waals surface area contributed by atoms with Crippen LogP contribution in [0.2, 0.25) is 0 Å².